The number of carbonyl (C=O) groups is 2. The Morgan fingerprint density at radius 1 is 1.27 bits per heavy atom. The molecule has 0 saturated carbocycles. The Morgan fingerprint density at radius 2 is 1.87 bits per heavy atom. The van der Waals surface area contributed by atoms with Gasteiger partial charge in [-0.15, -0.1) is 11.8 Å². The molecule has 0 spiro atoms. The van der Waals surface area contributed by atoms with Gasteiger partial charge in [-0.2, -0.15) is 0 Å². The number of aldehydes is 2. The molecular formula is C10H10BrNO2S. The standard InChI is InChI=1S/C10H10BrNO2S/c11-2-1-3-15-10-4-8(6-13)12-9(5-10)7-14/h4-7H,1-3H2. The summed E-state index contributed by atoms with van der Waals surface area (Å²) in [5.74, 6) is 0.950. The lowest BCUT2D eigenvalue weighted by molar-refractivity contribution is 0.111. The molecule has 0 N–H and O–H groups in total. The molecule has 0 aliphatic heterocycles. The molecule has 1 heterocycles. The Labute approximate surface area is 101 Å². The first-order chi connectivity index (χ1) is 7.30. The van der Waals surface area contributed by atoms with Gasteiger partial charge in [-0.1, -0.05) is 15.9 Å². The molecule has 0 radical (unpaired) electrons. The highest BCUT2D eigenvalue weighted by atomic mass is 79.9. The van der Waals surface area contributed by atoms with Gasteiger partial charge in [0, 0.05) is 10.2 Å². The van der Waals surface area contributed by atoms with E-state index >= 15 is 0 Å². The van der Waals surface area contributed by atoms with Crippen LogP contribution in [0, 0.1) is 0 Å². The number of halogens is 1. The zero-order valence-corrected chi connectivity index (χ0v) is 10.4. The van der Waals surface area contributed by atoms with E-state index in [4.69, 9.17) is 0 Å². The van der Waals surface area contributed by atoms with E-state index in [0.717, 1.165) is 22.4 Å². The topological polar surface area (TPSA) is 47.0 Å². The van der Waals surface area contributed by atoms with Crippen molar-refractivity contribution in [3.63, 3.8) is 0 Å². The van der Waals surface area contributed by atoms with Crippen LogP contribution in [0.4, 0.5) is 0 Å². The fourth-order valence-corrected chi connectivity index (χ4v) is 2.58. The number of hydrogen-bond acceptors (Lipinski definition) is 4. The summed E-state index contributed by atoms with van der Waals surface area (Å²) in [4.78, 5) is 25.9. The van der Waals surface area contributed by atoms with Crippen LogP contribution < -0.4 is 0 Å². The Morgan fingerprint density at radius 3 is 2.33 bits per heavy atom. The van der Waals surface area contributed by atoms with Crippen molar-refractivity contribution < 1.29 is 9.59 Å². The van der Waals surface area contributed by atoms with Gasteiger partial charge in [-0.25, -0.2) is 4.98 Å². The molecule has 0 aromatic carbocycles. The summed E-state index contributed by atoms with van der Waals surface area (Å²) in [5.41, 5.74) is 0.613. The molecule has 1 rings (SSSR count). The summed E-state index contributed by atoms with van der Waals surface area (Å²) < 4.78 is 0. The van der Waals surface area contributed by atoms with Crippen LogP contribution in [-0.4, -0.2) is 28.6 Å². The van der Waals surface area contributed by atoms with E-state index in [2.05, 4.69) is 20.9 Å². The van der Waals surface area contributed by atoms with Crippen molar-refractivity contribution in [2.75, 3.05) is 11.1 Å². The molecule has 3 nitrogen and oxygen atoms in total. The lowest BCUT2D eigenvalue weighted by atomic mass is 10.3. The molecule has 0 unspecified atom stereocenters. The second kappa shape index (κ2) is 6.74. The van der Waals surface area contributed by atoms with Crippen LogP contribution in [-0.2, 0) is 0 Å². The molecule has 0 fully saturated rings. The third-order valence-electron chi connectivity index (χ3n) is 1.63. The molecule has 80 valence electrons. The van der Waals surface area contributed by atoms with Crippen LogP contribution in [0.1, 0.15) is 27.4 Å². The van der Waals surface area contributed by atoms with E-state index in [0.29, 0.717) is 24.0 Å². The number of thioether (sulfide) groups is 1. The molecule has 1 aromatic rings. The van der Waals surface area contributed by atoms with Gasteiger partial charge in [0.25, 0.3) is 0 Å². The minimum absolute atomic E-state index is 0.306. The highest BCUT2D eigenvalue weighted by molar-refractivity contribution is 9.09. The van der Waals surface area contributed by atoms with Crippen LogP contribution in [0.25, 0.3) is 0 Å². The molecule has 5 heteroatoms. The number of rotatable bonds is 6. The van der Waals surface area contributed by atoms with E-state index in [1.807, 2.05) is 0 Å². The molecule has 0 saturated heterocycles. The summed E-state index contributed by atoms with van der Waals surface area (Å²) in [5, 5.41) is 0.951. The summed E-state index contributed by atoms with van der Waals surface area (Å²) in [6.07, 6.45) is 2.35. The fourth-order valence-electron chi connectivity index (χ4n) is 0.995. The third-order valence-corrected chi connectivity index (χ3v) is 3.25. The van der Waals surface area contributed by atoms with Gasteiger partial charge < -0.3 is 0 Å². The smallest absolute Gasteiger partial charge is 0.168 e. The largest absolute Gasteiger partial charge is 0.296 e. The maximum atomic E-state index is 10.6. The minimum atomic E-state index is 0.306. The van der Waals surface area contributed by atoms with Crippen LogP contribution in [0.3, 0.4) is 0 Å². The SMILES string of the molecule is O=Cc1cc(SCCCBr)cc(C=O)n1. The quantitative estimate of drug-likeness (QED) is 0.349. The second-order valence-electron chi connectivity index (χ2n) is 2.78. The van der Waals surface area contributed by atoms with E-state index in [-0.39, 0.29) is 0 Å². The van der Waals surface area contributed by atoms with E-state index in [1.165, 1.54) is 0 Å². The van der Waals surface area contributed by atoms with E-state index in [1.54, 1.807) is 23.9 Å². The predicted molar refractivity (Wildman–Crippen MR) is 64.1 cm³/mol. The van der Waals surface area contributed by atoms with Crippen molar-refractivity contribution in [2.45, 2.75) is 11.3 Å². The summed E-state index contributed by atoms with van der Waals surface area (Å²) in [6.45, 7) is 0. The number of hydrogen-bond donors (Lipinski definition) is 0. The van der Waals surface area contributed by atoms with Gasteiger partial charge in [-0.3, -0.25) is 9.59 Å². The Bertz CT molecular complexity index is 331. The van der Waals surface area contributed by atoms with Gasteiger partial charge in [-0.05, 0) is 24.3 Å². The molecule has 15 heavy (non-hydrogen) atoms. The van der Waals surface area contributed by atoms with Crippen LogP contribution in [0.2, 0.25) is 0 Å². The third kappa shape index (κ3) is 4.13. The molecule has 0 amide bonds. The Kier molecular flexibility index (Phi) is 5.57. The van der Waals surface area contributed by atoms with Crippen molar-refractivity contribution in [3.05, 3.63) is 23.5 Å². The lowest BCUT2D eigenvalue weighted by Gasteiger charge is -2.01. The maximum absolute atomic E-state index is 10.6. The van der Waals surface area contributed by atoms with Gasteiger partial charge in [0.05, 0.1) is 0 Å². The predicted octanol–water partition coefficient (Wildman–Crippen LogP) is 2.58. The maximum Gasteiger partial charge on any atom is 0.168 e. The first-order valence-electron chi connectivity index (χ1n) is 4.41. The van der Waals surface area contributed by atoms with Gasteiger partial charge in [0.2, 0.25) is 0 Å². The number of alkyl halides is 1. The van der Waals surface area contributed by atoms with Crippen LogP contribution in [0.15, 0.2) is 17.0 Å². The normalized spacial score (nSPS) is 9.93. The molecule has 0 atom stereocenters. The van der Waals surface area contributed by atoms with Crippen molar-refractivity contribution in [3.8, 4) is 0 Å². The first kappa shape index (κ1) is 12.4. The van der Waals surface area contributed by atoms with Gasteiger partial charge in [0.15, 0.2) is 12.6 Å². The number of carbonyl (C=O) groups excluding carboxylic acids is 2. The lowest BCUT2D eigenvalue weighted by Crippen LogP contribution is -1.94. The fraction of sp³-hybridized carbons (Fsp3) is 0.300. The number of nitrogens with zero attached hydrogens (tertiary/aromatic N) is 1. The Balaban J connectivity index is 2.77. The van der Waals surface area contributed by atoms with Crippen molar-refractivity contribution in [1.29, 1.82) is 0 Å². The molecule has 0 aliphatic rings. The molecule has 0 bridgehead atoms. The zero-order valence-electron chi connectivity index (χ0n) is 7.98. The summed E-state index contributed by atoms with van der Waals surface area (Å²) >= 11 is 4.96. The zero-order chi connectivity index (χ0) is 11.1. The van der Waals surface area contributed by atoms with Crippen LogP contribution >= 0.6 is 27.7 Å². The highest BCUT2D eigenvalue weighted by Crippen LogP contribution is 2.20. The molecular weight excluding hydrogens is 278 g/mol. The monoisotopic (exact) mass is 287 g/mol. The first-order valence-corrected chi connectivity index (χ1v) is 6.52. The Hall–Kier alpha value is -0.680. The van der Waals surface area contributed by atoms with Crippen molar-refractivity contribution in [1.82, 2.24) is 4.98 Å². The van der Waals surface area contributed by atoms with Gasteiger partial charge in [0.1, 0.15) is 11.4 Å². The van der Waals surface area contributed by atoms with Crippen molar-refractivity contribution >= 4 is 40.3 Å². The highest BCUT2D eigenvalue weighted by Gasteiger charge is 2.02. The van der Waals surface area contributed by atoms with E-state index < -0.39 is 0 Å². The number of aromatic nitrogens is 1. The minimum Gasteiger partial charge on any atom is -0.296 e. The van der Waals surface area contributed by atoms with E-state index in [9.17, 15) is 9.59 Å². The molecule has 1 aromatic heterocycles. The summed E-state index contributed by atoms with van der Waals surface area (Å²) in [7, 11) is 0. The average Bonchev–Trinajstić information content (AvgIpc) is 2.29. The second-order valence-corrected chi connectivity index (χ2v) is 4.74. The van der Waals surface area contributed by atoms with Crippen LogP contribution in [0.5, 0.6) is 0 Å². The average molecular weight is 288 g/mol. The number of pyridine rings is 1. The summed E-state index contributed by atoms with van der Waals surface area (Å²) in [6, 6.07) is 3.39. The van der Waals surface area contributed by atoms with Crippen molar-refractivity contribution in [2.24, 2.45) is 0 Å². The van der Waals surface area contributed by atoms with Gasteiger partial charge >= 0.3 is 0 Å². The molecule has 0 aliphatic carbocycles.